The summed E-state index contributed by atoms with van der Waals surface area (Å²) in [5, 5.41) is 23.8. The largest absolute Gasteiger partial charge is 0.508 e. The SMILES string of the molecule is C[C@@H]1CCC[C@H]2C1=NN(C(=O)c1ccc(O)cc1)[C@]2(O)C(F)(F)F. The van der Waals surface area contributed by atoms with Crippen molar-refractivity contribution in [1.29, 1.82) is 0 Å². The first-order chi connectivity index (χ1) is 11.2. The van der Waals surface area contributed by atoms with Crippen molar-refractivity contribution >= 4 is 11.6 Å². The van der Waals surface area contributed by atoms with Crippen LogP contribution in [0.5, 0.6) is 5.75 Å². The van der Waals surface area contributed by atoms with Crippen molar-refractivity contribution in [2.45, 2.75) is 38.1 Å². The predicted molar refractivity (Wildman–Crippen MR) is 79.2 cm³/mol. The second-order valence-electron chi connectivity index (χ2n) is 6.30. The number of aliphatic hydroxyl groups is 1. The molecule has 24 heavy (non-hydrogen) atoms. The topological polar surface area (TPSA) is 73.1 Å². The number of carbonyl (C=O) groups excluding carboxylic acids is 1. The summed E-state index contributed by atoms with van der Waals surface area (Å²) in [4.78, 5) is 12.5. The molecule has 0 unspecified atom stereocenters. The number of fused-ring (bicyclic) bond motifs is 1. The van der Waals surface area contributed by atoms with E-state index in [1.54, 1.807) is 6.92 Å². The molecular weight excluding hydrogens is 325 g/mol. The van der Waals surface area contributed by atoms with Gasteiger partial charge < -0.3 is 10.2 Å². The van der Waals surface area contributed by atoms with Crippen LogP contribution in [-0.4, -0.2) is 38.7 Å². The Kier molecular flexibility index (Phi) is 3.82. The van der Waals surface area contributed by atoms with Crippen molar-refractivity contribution in [3.05, 3.63) is 29.8 Å². The Morgan fingerprint density at radius 3 is 2.50 bits per heavy atom. The second kappa shape index (κ2) is 5.47. The zero-order chi connectivity index (χ0) is 17.7. The van der Waals surface area contributed by atoms with Crippen molar-refractivity contribution in [1.82, 2.24) is 5.01 Å². The average molecular weight is 342 g/mol. The highest BCUT2D eigenvalue weighted by Gasteiger charge is 2.69. The van der Waals surface area contributed by atoms with Gasteiger partial charge in [-0.15, -0.1) is 0 Å². The Labute approximate surface area is 136 Å². The van der Waals surface area contributed by atoms with E-state index in [9.17, 15) is 28.2 Å². The maximum Gasteiger partial charge on any atom is 0.439 e. The highest BCUT2D eigenvalue weighted by molar-refractivity contribution is 6.00. The van der Waals surface area contributed by atoms with Crippen molar-refractivity contribution in [3.8, 4) is 5.75 Å². The van der Waals surface area contributed by atoms with E-state index in [1.165, 1.54) is 24.3 Å². The van der Waals surface area contributed by atoms with E-state index in [0.717, 1.165) is 0 Å². The van der Waals surface area contributed by atoms with Crippen LogP contribution in [0, 0.1) is 11.8 Å². The number of halogens is 3. The Morgan fingerprint density at radius 2 is 1.92 bits per heavy atom. The minimum atomic E-state index is -5.04. The van der Waals surface area contributed by atoms with Gasteiger partial charge in [-0.3, -0.25) is 4.79 Å². The van der Waals surface area contributed by atoms with Gasteiger partial charge in [0, 0.05) is 11.3 Å². The maximum absolute atomic E-state index is 13.7. The Bertz CT molecular complexity index is 687. The third kappa shape index (κ3) is 2.36. The number of nitrogens with zero attached hydrogens (tertiary/aromatic N) is 2. The third-order valence-electron chi connectivity index (χ3n) is 4.74. The van der Waals surface area contributed by atoms with E-state index in [-0.39, 0.29) is 34.4 Å². The fourth-order valence-corrected chi connectivity index (χ4v) is 3.43. The molecule has 1 heterocycles. The van der Waals surface area contributed by atoms with Gasteiger partial charge in [-0.1, -0.05) is 13.3 Å². The number of hydrogen-bond donors (Lipinski definition) is 2. The van der Waals surface area contributed by atoms with Crippen LogP contribution in [0.15, 0.2) is 29.4 Å². The summed E-state index contributed by atoms with van der Waals surface area (Å²) in [5.41, 5.74) is -3.22. The molecule has 2 N–H and O–H groups in total. The summed E-state index contributed by atoms with van der Waals surface area (Å²) < 4.78 is 41.0. The molecule has 1 aromatic carbocycles. The number of amides is 1. The lowest BCUT2D eigenvalue weighted by Gasteiger charge is -2.39. The number of carbonyl (C=O) groups is 1. The molecule has 1 aliphatic carbocycles. The number of alkyl halides is 3. The summed E-state index contributed by atoms with van der Waals surface area (Å²) in [6.07, 6.45) is -3.71. The minimum Gasteiger partial charge on any atom is -0.508 e. The van der Waals surface area contributed by atoms with Crippen LogP contribution < -0.4 is 0 Å². The lowest BCUT2D eigenvalue weighted by Crippen LogP contribution is -2.61. The molecule has 1 aliphatic heterocycles. The minimum absolute atomic E-state index is 0.0916. The number of hydrogen-bond acceptors (Lipinski definition) is 4. The molecule has 3 atom stereocenters. The van der Waals surface area contributed by atoms with Gasteiger partial charge in [0.05, 0.1) is 5.92 Å². The van der Waals surface area contributed by atoms with Gasteiger partial charge in [-0.2, -0.15) is 23.3 Å². The van der Waals surface area contributed by atoms with Crippen LogP contribution in [-0.2, 0) is 0 Å². The Balaban J connectivity index is 2.06. The van der Waals surface area contributed by atoms with E-state index in [0.29, 0.717) is 12.8 Å². The van der Waals surface area contributed by atoms with E-state index >= 15 is 0 Å². The maximum atomic E-state index is 13.7. The molecule has 8 heteroatoms. The molecule has 0 aromatic heterocycles. The predicted octanol–water partition coefficient (Wildman–Crippen LogP) is 2.89. The van der Waals surface area contributed by atoms with Gasteiger partial charge in [-0.05, 0) is 43.0 Å². The molecule has 0 spiro atoms. The molecular formula is C16H17F3N2O3. The third-order valence-corrected chi connectivity index (χ3v) is 4.74. The molecule has 130 valence electrons. The van der Waals surface area contributed by atoms with Crippen LogP contribution in [0.25, 0.3) is 0 Å². The summed E-state index contributed by atoms with van der Waals surface area (Å²) in [5.74, 6) is -2.64. The van der Waals surface area contributed by atoms with Crippen molar-refractivity contribution in [3.63, 3.8) is 0 Å². The van der Waals surface area contributed by atoms with Gasteiger partial charge in [0.25, 0.3) is 11.6 Å². The van der Waals surface area contributed by atoms with Crippen LogP contribution >= 0.6 is 0 Å². The summed E-state index contributed by atoms with van der Waals surface area (Å²) >= 11 is 0. The molecule has 0 saturated heterocycles. The molecule has 3 rings (SSSR count). The van der Waals surface area contributed by atoms with Crippen molar-refractivity contribution in [2.75, 3.05) is 0 Å². The fourth-order valence-electron chi connectivity index (χ4n) is 3.43. The number of rotatable bonds is 1. The van der Waals surface area contributed by atoms with Crippen molar-refractivity contribution in [2.24, 2.45) is 16.9 Å². The molecule has 5 nitrogen and oxygen atoms in total. The zero-order valence-corrected chi connectivity index (χ0v) is 12.9. The molecule has 0 bridgehead atoms. The molecule has 0 radical (unpaired) electrons. The number of hydrazone groups is 1. The highest BCUT2D eigenvalue weighted by atomic mass is 19.4. The fraction of sp³-hybridized carbons (Fsp3) is 0.500. The zero-order valence-electron chi connectivity index (χ0n) is 12.9. The van der Waals surface area contributed by atoms with Gasteiger partial charge in [0.15, 0.2) is 0 Å². The molecule has 1 fully saturated rings. The highest BCUT2D eigenvalue weighted by Crippen LogP contribution is 2.49. The van der Waals surface area contributed by atoms with Crippen molar-refractivity contribution < 1.29 is 28.2 Å². The monoisotopic (exact) mass is 342 g/mol. The lowest BCUT2D eigenvalue weighted by atomic mass is 9.75. The quantitative estimate of drug-likeness (QED) is 0.824. The van der Waals surface area contributed by atoms with E-state index in [1.807, 2.05) is 0 Å². The van der Waals surface area contributed by atoms with E-state index in [4.69, 9.17) is 0 Å². The first-order valence-corrected chi connectivity index (χ1v) is 7.67. The molecule has 2 aliphatic rings. The average Bonchev–Trinajstić information content (AvgIpc) is 2.83. The number of phenolic OH excluding ortho intramolecular Hbond substituents is 1. The number of aromatic hydroxyl groups is 1. The van der Waals surface area contributed by atoms with Crippen LogP contribution in [0.1, 0.15) is 36.5 Å². The van der Waals surface area contributed by atoms with Gasteiger partial charge >= 0.3 is 6.18 Å². The smallest absolute Gasteiger partial charge is 0.439 e. The molecule has 1 aromatic rings. The Hall–Kier alpha value is -2.09. The van der Waals surface area contributed by atoms with Crippen LogP contribution in [0.3, 0.4) is 0 Å². The normalized spacial score (nSPS) is 30.0. The summed E-state index contributed by atoms with van der Waals surface area (Å²) in [6, 6.07) is 4.78. The molecule has 1 amide bonds. The van der Waals surface area contributed by atoms with Gasteiger partial charge in [0.1, 0.15) is 5.75 Å². The molecule has 1 saturated carbocycles. The first-order valence-electron chi connectivity index (χ1n) is 7.67. The van der Waals surface area contributed by atoms with Gasteiger partial charge in [-0.25, -0.2) is 0 Å². The van der Waals surface area contributed by atoms with Gasteiger partial charge in [0.2, 0.25) is 0 Å². The summed E-state index contributed by atoms with van der Waals surface area (Å²) in [7, 11) is 0. The number of phenols is 1. The van der Waals surface area contributed by atoms with Crippen LogP contribution in [0.4, 0.5) is 13.2 Å². The first kappa shape index (κ1) is 16.8. The van der Waals surface area contributed by atoms with E-state index < -0.39 is 23.7 Å². The van der Waals surface area contributed by atoms with E-state index in [2.05, 4.69) is 5.10 Å². The van der Waals surface area contributed by atoms with Crippen LogP contribution in [0.2, 0.25) is 0 Å². The Morgan fingerprint density at radius 1 is 1.29 bits per heavy atom. The number of benzene rings is 1. The summed E-state index contributed by atoms with van der Waals surface area (Å²) in [6.45, 7) is 1.75. The second-order valence-corrected chi connectivity index (χ2v) is 6.30. The lowest BCUT2D eigenvalue weighted by molar-refractivity contribution is -0.312. The standard InChI is InChI=1S/C16H17F3N2O3/c1-9-3-2-4-12-13(9)20-21(15(12,24)16(17,18)19)14(23)10-5-7-11(22)8-6-10/h5-9,12,22,24H,2-4H2,1H3/t9-,12+,15-/m1/s1.